The number of benzene rings is 1. The number of hydrogen-bond acceptors (Lipinski definition) is 3. The summed E-state index contributed by atoms with van der Waals surface area (Å²) in [4.78, 5) is 20.6. The Hall–Kier alpha value is -2.08. The van der Waals surface area contributed by atoms with E-state index in [0.29, 0.717) is 18.0 Å². The molecule has 0 aliphatic carbocycles. The molecule has 0 bridgehead atoms. The van der Waals surface area contributed by atoms with E-state index in [-0.39, 0.29) is 5.91 Å². The maximum absolute atomic E-state index is 12.1. The number of carbonyl (C=O) groups excluding carboxylic acids is 1. The predicted octanol–water partition coefficient (Wildman–Crippen LogP) is 1.82. The molecular formula is C21H35N5O. The van der Waals surface area contributed by atoms with Gasteiger partial charge in [-0.1, -0.05) is 19.1 Å². The first-order valence-electron chi connectivity index (χ1n) is 9.83. The Morgan fingerprint density at radius 2 is 2.07 bits per heavy atom. The van der Waals surface area contributed by atoms with Crippen molar-refractivity contribution in [2.45, 2.75) is 39.3 Å². The third-order valence-corrected chi connectivity index (χ3v) is 5.20. The van der Waals surface area contributed by atoms with Crippen molar-refractivity contribution >= 4 is 11.9 Å². The van der Waals surface area contributed by atoms with E-state index in [1.807, 2.05) is 25.2 Å². The molecule has 1 aromatic rings. The molecule has 1 aromatic carbocycles. The molecule has 1 fully saturated rings. The van der Waals surface area contributed by atoms with Crippen molar-refractivity contribution in [3.8, 4) is 0 Å². The molecule has 6 heteroatoms. The molecule has 27 heavy (non-hydrogen) atoms. The molecule has 2 rings (SSSR count). The summed E-state index contributed by atoms with van der Waals surface area (Å²) < 4.78 is 0. The summed E-state index contributed by atoms with van der Waals surface area (Å²) in [6.45, 7) is 9.73. The second-order valence-electron chi connectivity index (χ2n) is 7.92. The van der Waals surface area contributed by atoms with Gasteiger partial charge in [0.2, 0.25) is 0 Å². The molecule has 6 nitrogen and oxygen atoms in total. The average molecular weight is 374 g/mol. The van der Waals surface area contributed by atoms with E-state index in [9.17, 15) is 4.79 Å². The fourth-order valence-corrected chi connectivity index (χ4v) is 3.43. The van der Waals surface area contributed by atoms with Crippen LogP contribution in [0.4, 0.5) is 0 Å². The smallest absolute Gasteiger partial charge is 0.253 e. The van der Waals surface area contributed by atoms with Gasteiger partial charge in [-0.05, 0) is 43.9 Å². The summed E-state index contributed by atoms with van der Waals surface area (Å²) in [5, 5.41) is 6.97. The highest BCUT2D eigenvalue weighted by Crippen LogP contribution is 2.18. The average Bonchev–Trinajstić information content (AvgIpc) is 3.01. The number of aliphatic imine (C=N–C) groups is 1. The lowest BCUT2D eigenvalue weighted by atomic mass is 10.1. The summed E-state index contributed by atoms with van der Waals surface area (Å²) in [6.07, 6.45) is 0.841. The van der Waals surface area contributed by atoms with Gasteiger partial charge in [-0.25, -0.2) is 0 Å². The highest BCUT2D eigenvalue weighted by molar-refractivity contribution is 5.94. The molecular weight excluding hydrogens is 338 g/mol. The lowest BCUT2D eigenvalue weighted by molar-refractivity contribution is 0.0827. The SMILES string of the molecule is CN=C(NCCc1cccc(C(=O)N(C)C)c1)NC1CN(C(C)C)CC1C. The Balaban J connectivity index is 1.85. The Labute approximate surface area is 164 Å². The summed E-state index contributed by atoms with van der Waals surface area (Å²) in [5.41, 5.74) is 1.87. The molecule has 150 valence electrons. The minimum Gasteiger partial charge on any atom is -0.356 e. The van der Waals surface area contributed by atoms with Crippen LogP contribution in [0.5, 0.6) is 0 Å². The molecule has 1 saturated heterocycles. The zero-order chi connectivity index (χ0) is 20.0. The molecule has 0 spiro atoms. The van der Waals surface area contributed by atoms with Crippen LogP contribution in [0.25, 0.3) is 0 Å². The number of rotatable bonds is 6. The number of nitrogens with one attached hydrogen (secondary N) is 2. The van der Waals surface area contributed by atoms with Gasteiger partial charge in [0.25, 0.3) is 5.91 Å². The van der Waals surface area contributed by atoms with Crippen molar-refractivity contribution < 1.29 is 4.79 Å². The van der Waals surface area contributed by atoms with Gasteiger partial charge >= 0.3 is 0 Å². The minimum atomic E-state index is 0.0345. The summed E-state index contributed by atoms with van der Waals surface area (Å²) in [5.74, 6) is 1.48. The van der Waals surface area contributed by atoms with E-state index >= 15 is 0 Å². The van der Waals surface area contributed by atoms with Crippen LogP contribution >= 0.6 is 0 Å². The maximum Gasteiger partial charge on any atom is 0.253 e. The molecule has 1 aliphatic rings. The van der Waals surface area contributed by atoms with Crippen molar-refractivity contribution in [1.82, 2.24) is 20.4 Å². The van der Waals surface area contributed by atoms with Gasteiger partial charge in [0.1, 0.15) is 0 Å². The van der Waals surface area contributed by atoms with Crippen molar-refractivity contribution in [3.05, 3.63) is 35.4 Å². The molecule has 0 radical (unpaired) electrons. The third kappa shape index (κ3) is 5.96. The van der Waals surface area contributed by atoms with Crippen LogP contribution in [0.15, 0.2) is 29.3 Å². The van der Waals surface area contributed by atoms with Gasteiger partial charge in [-0.2, -0.15) is 0 Å². The van der Waals surface area contributed by atoms with Gasteiger partial charge in [-0.3, -0.25) is 14.7 Å². The molecule has 0 aromatic heterocycles. The normalized spacial score (nSPS) is 20.8. The molecule has 2 unspecified atom stereocenters. The quantitative estimate of drug-likeness (QED) is 0.590. The molecule has 0 saturated carbocycles. The number of guanidine groups is 1. The second kappa shape index (κ2) is 9.74. The first kappa shape index (κ1) is 21.2. The van der Waals surface area contributed by atoms with E-state index in [4.69, 9.17) is 0 Å². The van der Waals surface area contributed by atoms with Crippen molar-refractivity contribution in [2.75, 3.05) is 40.8 Å². The van der Waals surface area contributed by atoms with Crippen LogP contribution in [-0.4, -0.2) is 74.5 Å². The van der Waals surface area contributed by atoms with Crippen LogP contribution in [-0.2, 0) is 6.42 Å². The summed E-state index contributed by atoms with van der Waals surface area (Å²) in [6, 6.07) is 8.83. The highest BCUT2D eigenvalue weighted by atomic mass is 16.2. The Kier molecular flexibility index (Phi) is 7.66. The lowest BCUT2D eigenvalue weighted by Crippen LogP contribution is -2.47. The number of nitrogens with zero attached hydrogens (tertiary/aromatic N) is 3. The van der Waals surface area contributed by atoms with Gasteiger partial charge in [-0.15, -0.1) is 0 Å². The summed E-state index contributed by atoms with van der Waals surface area (Å²) in [7, 11) is 5.36. The maximum atomic E-state index is 12.1. The second-order valence-corrected chi connectivity index (χ2v) is 7.92. The van der Waals surface area contributed by atoms with Crippen molar-refractivity contribution in [1.29, 1.82) is 0 Å². The Morgan fingerprint density at radius 3 is 2.67 bits per heavy atom. The topological polar surface area (TPSA) is 60.0 Å². The van der Waals surface area contributed by atoms with E-state index in [0.717, 1.165) is 43.1 Å². The van der Waals surface area contributed by atoms with E-state index in [1.54, 1.807) is 19.0 Å². The third-order valence-electron chi connectivity index (χ3n) is 5.20. The lowest BCUT2D eigenvalue weighted by Gasteiger charge is -2.22. The first-order chi connectivity index (χ1) is 12.8. The van der Waals surface area contributed by atoms with Crippen molar-refractivity contribution in [3.63, 3.8) is 0 Å². The van der Waals surface area contributed by atoms with Crippen molar-refractivity contribution in [2.24, 2.45) is 10.9 Å². The molecule has 1 amide bonds. The van der Waals surface area contributed by atoms with Crippen LogP contribution in [0, 0.1) is 5.92 Å². The van der Waals surface area contributed by atoms with Gasteiger partial charge in [0.05, 0.1) is 0 Å². The van der Waals surface area contributed by atoms with Crippen LogP contribution in [0.2, 0.25) is 0 Å². The number of carbonyl (C=O) groups is 1. The summed E-state index contributed by atoms with van der Waals surface area (Å²) >= 11 is 0. The van der Waals surface area contributed by atoms with Gasteiger partial charge in [0, 0.05) is 58.4 Å². The van der Waals surface area contributed by atoms with Gasteiger partial charge in [0.15, 0.2) is 5.96 Å². The fourth-order valence-electron chi connectivity index (χ4n) is 3.43. The van der Waals surface area contributed by atoms with E-state index < -0.39 is 0 Å². The Morgan fingerprint density at radius 1 is 1.33 bits per heavy atom. The standard InChI is InChI=1S/C21H35N5O/c1-15(2)26-13-16(3)19(14-26)24-21(22-4)23-11-10-17-8-7-9-18(12-17)20(27)25(5)6/h7-9,12,15-16,19H,10-11,13-14H2,1-6H3,(H2,22,23,24). The van der Waals surface area contributed by atoms with Gasteiger partial charge < -0.3 is 15.5 Å². The zero-order valence-electron chi connectivity index (χ0n) is 17.6. The van der Waals surface area contributed by atoms with Crippen LogP contribution in [0.3, 0.4) is 0 Å². The van der Waals surface area contributed by atoms with E-state index in [1.165, 1.54) is 0 Å². The zero-order valence-corrected chi connectivity index (χ0v) is 17.6. The molecule has 1 aliphatic heterocycles. The molecule has 1 heterocycles. The minimum absolute atomic E-state index is 0.0345. The number of hydrogen-bond donors (Lipinski definition) is 2. The highest BCUT2D eigenvalue weighted by Gasteiger charge is 2.31. The number of amides is 1. The fraction of sp³-hybridized carbons (Fsp3) is 0.619. The largest absolute Gasteiger partial charge is 0.356 e. The van der Waals surface area contributed by atoms with Crippen LogP contribution < -0.4 is 10.6 Å². The van der Waals surface area contributed by atoms with Crippen LogP contribution in [0.1, 0.15) is 36.7 Å². The monoisotopic (exact) mass is 373 g/mol. The Bertz CT molecular complexity index is 656. The molecule has 2 atom stereocenters. The number of likely N-dealkylation sites (tertiary alicyclic amines) is 1. The van der Waals surface area contributed by atoms with E-state index in [2.05, 4.69) is 47.4 Å². The predicted molar refractivity (Wildman–Crippen MR) is 112 cm³/mol. The molecule has 2 N–H and O–H groups in total. The first-order valence-corrected chi connectivity index (χ1v) is 9.83.